The van der Waals surface area contributed by atoms with Crippen molar-refractivity contribution in [2.45, 2.75) is 33.2 Å². The van der Waals surface area contributed by atoms with E-state index in [9.17, 15) is 14.4 Å². The Morgan fingerprint density at radius 1 is 1.29 bits per heavy atom. The maximum absolute atomic E-state index is 12.7. The molecule has 1 aliphatic rings. The van der Waals surface area contributed by atoms with Gasteiger partial charge in [0.25, 0.3) is 11.5 Å². The van der Waals surface area contributed by atoms with E-state index in [0.29, 0.717) is 32.9 Å². The van der Waals surface area contributed by atoms with Crippen LogP contribution in [0.1, 0.15) is 33.0 Å². The normalized spacial score (nSPS) is 12.8. The summed E-state index contributed by atoms with van der Waals surface area (Å²) in [4.78, 5) is 42.7. The number of ether oxygens (including phenoxy) is 1. The fourth-order valence-electron chi connectivity index (χ4n) is 3.37. The lowest BCUT2D eigenvalue weighted by atomic mass is 10.2. The van der Waals surface area contributed by atoms with E-state index < -0.39 is 18.5 Å². The van der Waals surface area contributed by atoms with Gasteiger partial charge in [0.05, 0.1) is 5.39 Å². The number of fused-ring (bicyclic) bond motifs is 2. The SMILES string of the molecule is Cc1ccccc1NC(=O)COC(=O)c1sc2nc3n(c(=O)c2c1C)CCC3. The van der Waals surface area contributed by atoms with Crippen molar-refractivity contribution in [2.75, 3.05) is 11.9 Å². The fraction of sp³-hybridized carbons (Fsp3) is 0.300. The summed E-state index contributed by atoms with van der Waals surface area (Å²) in [7, 11) is 0. The van der Waals surface area contributed by atoms with Crippen molar-refractivity contribution in [1.29, 1.82) is 0 Å². The van der Waals surface area contributed by atoms with Gasteiger partial charge in [0.15, 0.2) is 6.61 Å². The molecule has 0 unspecified atom stereocenters. The van der Waals surface area contributed by atoms with E-state index in [0.717, 1.165) is 35.6 Å². The van der Waals surface area contributed by atoms with Crippen LogP contribution in [0.4, 0.5) is 5.69 Å². The second-order valence-corrected chi connectivity index (χ2v) is 7.76. The van der Waals surface area contributed by atoms with E-state index in [1.54, 1.807) is 17.6 Å². The Morgan fingerprint density at radius 3 is 2.86 bits per heavy atom. The van der Waals surface area contributed by atoms with Crippen molar-refractivity contribution in [3.63, 3.8) is 0 Å². The molecule has 3 heterocycles. The Morgan fingerprint density at radius 2 is 2.07 bits per heavy atom. The number of nitrogens with zero attached hydrogens (tertiary/aromatic N) is 2. The highest BCUT2D eigenvalue weighted by Crippen LogP contribution is 2.29. The van der Waals surface area contributed by atoms with Gasteiger partial charge in [-0.15, -0.1) is 11.3 Å². The van der Waals surface area contributed by atoms with Gasteiger partial charge in [-0.2, -0.15) is 0 Å². The average molecular weight is 397 g/mol. The second-order valence-electron chi connectivity index (χ2n) is 6.76. The summed E-state index contributed by atoms with van der Waals surface area (Å²) in [5.41, 5.74) is 2.04. The Bertz CT molecular complexity index is 1160. The van der Waals surface area contributed by atoms with Gasteiger partial charge in [-0.1, -0.05) is 18.2 Å². The minimum Gasteiger partial charge on any atom is -0.451 e. The molecule has 2 aromatic heterocycles. The van der Waals surface area contributed by atoms with Crippen LogP contribution in [0, 0.1) is 13.8 Å². The molecule has 0 saturated heterocycles. The Balaban J connectivity index is 1.51. The largest absolute Gasteiger partial charge is 0.451 e. The Kier molecular flexibility index (Phi) is 4.72. The van der Waals surface area contributed by atoms with Crippen LogP contribution in [0.15, 0.2) is 29.1 Å². The van der Waals surface area contributed by atoms with Gasteiger partial charge >= 0.3 is 5.97 Å². The summed E-state index contributed by atoms with van der Waals surface area (Å²) in [6, 6.07) is 7.36. The zero-order valence-corrected chi connectivity index (χ0v) is 16.4. The number of aryl methyl sites for hydroxylation is 3. The zero-order chi connectivity index (χ0) is 19.8. The van der Waals surface area contributed by atoms with E-state index in [-0.39, 0.29) is 5.56 Å². The van der Waals surface area contributed by atoms with Crippen LogP contribution in [0.25, 0.3) is 10.2 Å². The number of carbonyl (C=O) groups is 2. The minimum atomic E-state index is -0.620. The van der Waals surface area contributed by atoms with Crippen molar-refractivity contribution in [1.82, 2.24) is 9.55 Å². The predicted molar refractivity (Wildman–Crippen MR) is 107 cm³/mol. The average Bonchev–Trinajstić information content (AvgIpc) is 3.27. The molecule has 144 valence electrons. The molecule has 0 radical (unpaired) electrons. The van der Waals surface area contributed by atoms with E-state index >= 15 is 0 Å². The molecule has 1 aromatic carbocycles. The number of esters is 1. The van der Waals surface area contributed by atoms with Crippen molar-refractivity contribution in [2.24, 2.45) is 0 Å². The molecule has 3 aromatic rings. The van der Waals surface area contributed by atoms with Gasteiger partial charge in [0.1, 0.15) is 15.5 Å². The number of hydrogen-bond acceptors (Lipinski definition) is 6. The molecule has 0 aliphatic carbocycles. The first kappa shape index (κ1) is 18.4. The number of aromatic nitrogens is 2. The van der Waals surface area contributed by atoms with Gasteiger partial charge in [-0.3, -0.25) is 14.2 Å². The van der Waals surface area contributed by atoms with E-state index in [4.69, 9.17) is 4.74 Å². The monoisotopic (exact) mass is 397 g/mol. The quantitative estimate of drug-likeness (QED) is 0.684. The summed E-state index contributed by atoms with van der Waals surface area (Å²) >= 11 is 1.14. The molecule has 0 bridgehead atoms. The molecule has 1 aliphatic heterocycles. The molecule has 8 heteroatoms. The third kappa shape index (κ3) is 3.20. The van der Waals surface area contributed by atoms with Gasteiger partial charge in [-0.05, 0) is 37.5 Å². The highest BCUT2D eigenvalue weighted by Gasteiger charge is 2.24. The standard InChI is InChI=1S/C20H19N3O4S/c1-11-6-3-4-7-13(11)21-15(24)10-27-20(26)17-12(2)16-18(28-17)22-14-8-5-9-23(14)19(16)25/h3-4,6-7H,5,8-10H2,1-2H3,(H,21,24). The predicted octanol–water partition coefficient (Wildman–Crippen LogP) is 2.82. The Hall–Kier alpha value is -3.00. The third-order valence-corrected chi connectivity index (χ3v) is 6.02. The van der Waals surface area contributed by atoms with Gasteiger partial charge in [0.2, 0.25) is 0 Å². The number of thiophene rings is 1. The van der Waals surface area contributed by atoms with Crippen LogP contribution in [-0.4, -0.2) is 28.0 Å². The first-order valence-corrected chi connectivity index (χ1v) is 9.83. The fourth-order valence-corrected chi connectivity index (χ4v) is 4.45. The van der Waals surface area contributed by atoms with Crippen LogP contribution in [0.5, 0.6) is 0 Å². The minimum absolute atomic E-state index is 0.109. The Labute approximate surface area is 165 Å². The maximum Gasteiger partial charge on any atom is 0.349 e. The van der Waals surface area contributed by atoms with Crippen LogP contribution in [0.2, 0.25) is 0 Å². The molecule has 28 heavy (non-hydrogen) atoms. The van der Waals surface area contributed by atoms with Crippen LogP contribution >= 0.6 is 11.3 Å². The molecule has 0 spiro atoms. The number of carbonyl (C=O) groups excluding carboxylic acids is 2. The number of para-hydroxylation sites is 1. The summed E-state index contributed by atoms with van der Waals surface area (Å²) < 4.78 is 6.85. The molecule has 1 amide bonds. The zero-order valence-electron chi connectivity index (χ0n) is 15.6. The molecule has 0 fully saturated rings. The van der Waals surface area contributed by atoms with Gasteiger partial charge in [-0.25, -0.2) is 9.78 Å². The first-order chi connectivity index (χ1) is 13.5. The highest BCUT2D eigenvalue weighted by atomic mass is 32.1. The summed E-state index contributed by atoms with van der Waals surface area (Å²) in [5.74, 6) is -0.278. The number of hydrogen-bond donors (Lipinski definition) is 1. The summed E-state index contributed by atoms with van der Waals surface area (Å²) in [6.07, 6.45) is 1.67. The summed E-state index contributed by atoms with van der Waals surface area (Å²) in [5, 5.41) is 3.18. The molecule has 0 saturated carbocycles. The lowest BCUT2D eigenvalue weighted by Gasteiger charge is -2.08. The molecular weight excluding hydrogens is 378 g/mol. The number of amides is 1. The van der Waals surface area contributed by atoms with Crippen molar-refractivity contribution >= 4 is 39.1 Å². The molecule has 7 nitrogen and oxygen atoms in total. The lowest BCUT2D eigenvalue weighted by molar-refractivity contribution is -0.119. The van der Waals surface area contributed by atoms with E-state index in [1.807, 2.05) is 25.1 Å². The number of benzene rings is 1. The smallest absolute Gasteiger partial charge is 0.349 e. The van der Waals surface area contributed by atoms with Crippen molar-refractivity contribution in [3.05, 3.63) is 56.4 Å². The maximum atomic E-state index is 12.7. The molecule has 4 rings (SSSR count). The third-order valence-electron chi connectivity index (χ3n) is 4.85. The molecule has 1 N–H and O–H groups in total. The van der Waals surface area contributed by atoms with Crippen LogP contribution in [0.3, 0.4) is 0 Å². The highest BCUT2D eigenvalue weighted by molar-refractivity contribution is 7.20. The summed E-state index contributed by atoms with van der Waals surface area (Å²) in [6.45, 7) is 3.86. The number of anilines is 1. The second kappa shape index (κ2) is 7.20. The molecular formula is C20H19N3O4S. The van der Waals surface area contributed by atoms with Crippen molar-refractivity contribution in [3.8, 4) is 0 Å². The number of nitrogens with one attached hydrogen (secondary N) is 1. The lowest BCUT2D eigenvalue weighted by Crippen LogP contribution is -2.22. The van der Waals surface area contributed by atoms with Gasteiger partial charge in [0, 0.05) is 18.7 Å². The molecule has 0 atom stereocenters. The number of rotatable bonds is 4. The van der Waals surface area contributed by atoms with Gasteiger partial charge < -0.3 is 10.1 Å². The first-order valence-electron chi connectivity index (χ1n) is 9.01. The van der Waals surface area contributed by atoms with Crippen molar-refractivity contribution < 1.29 is 14.3 Å². The van der Waals surface area contributed by atoms with Crippen LogP contribution < -0.4 is 10.9 Å². The van der Waals surface area contributed by atoms with E-state index in [1.165, 1.54) is 0 Å². The van der Waals surface area contributed by atoms with Crippen LogP contribution in [-0.2, 0) is 22.5 Å². The van der Waals surface area contributed by atoms with E-state index in [2.05, 4.69) is 10.3 Å². The topological polar surface area (TPSA) is 90.3 Å².